The second-order valence-corrected chi connectivity index (χ2v) is 4.94. The molecule has 1 aromatic heterocycles. The fourth-order valence-corrected chi connectivity index (χ4v) is 2.17. The Balaban J connectivity index is 2.50. The molecule has 1 rings (SSSR count). The Labute approximate surface area is 106 Å². The molecule has 0 aliphatic heterocycles. The lowest BCUT2D eigenvalue weighted by Gasteiger charge is -2.12. The average Bonchev–Trinajstić information content (AvgIpc) is 2.36. The fraction of sp³-hybridized carbons (Fsp3) is 0.583. The van der Waals surface area contributed by atoms with Crippen molar-refractivity contribution in [3.8, 4) is 0 Å². The average molecular weight is 256 g/mol. The van der Waals surface area contributed by atoms with Crippen molar-refractivity contribution in [1.29, 1.82) is 0 Å². The molecule has 1 aromatic rings. The first-order valence-electron chi connectivity index (χ1n) is 5.78. The molecule has 4 nitrogen and oxygen atoms in total. The van der Waals surface area contributed by atoms with Gasteiger partial charge in [0.15, 0.2) is 0 Å². The number of nitrogens with zero attached hydrogens (tertiary/aromatic N) is 1. The van der Waals surface area contributed by atoms with E-state index in [2.05, 4.69) is 24.1 Å². The third kappa shape index (κ3) is 5.04. The summed E-state index contributed by atoms with van der Waals surface area (Å²) in [5.41, 5.74) is 1.01. The van der Waals surface area contributed by atoms with E-state index in [1.54, 1.807) is 6.20 Å². The Morgan fingerprint density at radius 3 is 2.76 bits per heavy atom. The number of aliphatic hydroxyl groups excluding tert-OH is 2. The zero-order valence-corrected chi connectivity index (χ0v) is 11.1. The summed E-state index contributed by atoms with van der Waals surface area (Å²) >= 11 is 1.49. The molecule has 0 aliphatic rings. The molecule has 0 fully saturated rings. The van der Waals surface area contributed by atoms with Gasteiger partial charge in [0.1, 0.15) is 0 Å². The van der Waals surface area contributed by atoms with E-state index in [0.717, 1.165) is 17.1 Å². The van der Waals surface area contributed by atoms with Crippen molar-refractivity contribution in [1.82, 2.24) is 10.3 Å². The maximum Gasteiger partial charge on any atom is 0.0864 e. The number of aliphatic hydroxyl groups is 2. The van der Waals surface area contributed by atoms with E-state index >= 15 is 0 Å². The first-order chi connectivity index (χ1) is 8.17. The summed E-state index contributed by atoms with van der Waals surface area (Å²) in [6.07, 6.45) is 1.14. The molecule has 0 saturated carbocycles. The Morgan fingerprint density at radius 2 is 2.24 bits per heavy atom. The summed E-state index contributed by atoms with van der Waals surface area (Å²) in [6, 6.07) is 4.23. The molecule has 0 aliphatic carbocycles. The highest BCUT2D eigenvalue weighted by Crippen LogP contribution is 2.19. The first kappa shape index (κ1) is 14.4. The highest BCUT2D eigenvalue weighted by molar-refractivity contribution is 7.99. The van der Waals surface area contributed by atoms with E-state index in [4.69, 9.17) is 5.11 Å². The van der Waals surface area contributed by atoms with E-state index in [1.165, 1.54) is 11.8 Å². The highest BCUT2D eigenvalue weighted by Gasteiger charge is 2.06. The van der Waals surface area contributed by atoms with Crippen LogP contribution in [0.5, 0.6) is 0 Å². The molecule has 0 spiro atoms. The molecule has 0 radical (unpaired) electrons. The Kier molecular flexibility index (Phi) is 6.50. The number of pyridine rings is 1. The topological polar surface area (TPSA) is 65.4 Å². The van der Waals surface area contributed by atoms with E-state index in [9.17, 15) is 5.11 Å². The van der Waals surface area contributed by atoms with Gasteiger partial charge in [0.25, 0.3) is 0 Å². The molecule has 3 N–H and O–H groups in total. The highest BCUT2D eigenvalue weighted by atomic mass is 32.2. The summed E-state index contributed by atoms with van der Waals surface area (Å²) in [6.45, 7) is 4.86. The quantitative estimate of drug-likeness (QED) is 0.640. The summed E-state index contributed by atoms with van der Waals surface area (Å²) in [4.78, 5) is 5.38. The summed E-state index contributed by atoms with van der Waals surface area (Å²) in [5.74, 6) is 0.486. The van der Waals surface area contributed by atoms with Gasteiger partial charge in [-0.05, 0) is 25.6 Å². The number of aromatic nitrogens is 1. The second-order valence-electron chi connectivity index (χ2n) is 3.85. The Bertz CT molecular complexity index is 319. The smallest absolute Gasteiger partial charge is 0.0864 e. The molecular weight excluding hydrogens is 236 g/mol. The van der Waals surface area contributed by atoms with E-state index in [1.807, 2.05) is 12.1 Å². The van der Waals surface area contributed by atoms with Gasteiger partial charge in [-0.25, -0.2) is 0 Å². The van der Waals surface area contributed by atoms with Gasteiger partial charge < -0.3 is 15.5 Å². The molecule has 0 bridgehead atoms. The van der Waals surface area contributed by atoms with Crippen molar-refractivity contribution in [2.75, 3.05) is 18.9 Å². The minimum atomic E-state index is -0.666. The SMILES string of the molecule is CCNC(C)c1ccc(SCC(O)CO)cn1. The van der Waals surface area contributed by atoms with Gasteiger partial charge in [0, 0.05) is 22.9 Å². The molecule has 0 saturated heterocycles. The number of hydrogen-bond donors (Lipinski definition) is 3. The first-order valence-corrected chi connectivity index (χ1v) is 6.77. The molecule has 0 amide bonds. The molecule has 1 heterocycles. The van der Waals surface area contributed by atoms with Crippen molar-refractivity contribution >= 4 is 11.8 Å². The standard InChI is InChI=1S/C12H20N2O2S/c1-3-13-9(2)12-5-4-11(6-14-12)17-8-10(16)7-15/h4-6,9-10,13,15-16H,3,7-8H2,1-2H3. The Hall–Kier alpha value is -0.620. The molecular formula is C12H20N2O2S. The van der Waals surface area contributed by atoms with Gasteiger partial charge in [-0.3, -0.25) is 4.98 Å². The summed E-state index contributed by atoms with van der Waals surface area (Å²) < 4.78 is 0. The van der Waals surface area contributed by atoms with Crippen LogP contribution >= 0.6 is 11.8 Å². The lowest BCUT2D eigenvalue weighted by molar-refractivity contribution is 0.113. The number of nitrogens with one attached hydrogen (secondary N) is 1. The summed E-state index contributed by atoms with van der Waals surface area (Å²) in [7, 11) is 0. The van der Waals surface area contributed by atoms with Crippen molar-refractivity contribution in [2.45, 2.75) is 30.9 Å². The maximum absolute atomic E-state index is 9.23. The largest absolute Gasteiger partial charge is 0.394 e. The van der Waals surface area contributed by atoms with Crippen LogP contribution in [0.1, 0.15) is 25.6 Å². The molecule has 17 heavy (non-hydrogen) atoms. The van der Waals surface area contributed by atoms with Crippen molar-refractivity contribution in [3.63, 3.8) is 0 Å². The third-order valence-corrected chi connectivity index (χ3v) is 3.49. The zero-order valence-electron chi connectivity index (χ0n) is 10.3. The molecule has 2 unspecified atom stereocenters. The molecule has 5 heteroatoms. The second kappa shape index (κ2) is 7.66. The predicted molar refractivity (Wildman–Crippen MR) is 70.1 cm³/mol. The van der Waals surface area contributed by atoms with E-state index in [-0.39, 0.29) is 12.6 Å². The van der Waals surface area contributed by atoms with Gasteiger partial charge in [-0.15, -0.1) is 11.8 Å². The Morgan fingerprint density at radius 1 is 1.47 bits per heavy atom. The van der Waals surface area contributed by atoms with Crippen LogP contribution in [0.15, 0.2) is 23.2 Å². The van der Waals surface area contributed by atoms with Crippen LogP contribution in [0.4, 0.5) is 0 Å². The van der Waals surface area contributed by atoms with Gasteiger partial charge in [-0.2, -0.15) is 0 Å². The maximum atomic E-state index is 9.23. The lowest BCUT2D eigenvalue weighted by atomic mass is 10.2. The van der Waals surface area contributed by atoms with Crippen molar-refractivity contribution in [2.24, 2.45) is 0 Å². The lowest BCUT2D eigenvalue weighted by Crippen LogP contribution is -2.18. The van der Waals surface area contributed by atoms with Crippen LogP contribution in [0.25, 0.3) is 0 Å². The summed E-state index contributed by atoms with van der Waals surface area (Å²) in [5, 5.41) is 21.2. The number of thioether (sulfide) groups is 1. The van der Waals surface area contributed by atoms with Crippen LogP contribution in [-0.4, -0.2) is 40.2 Å². The minimum Gasteiger partial charge on any atom is -0.394 e. The predicted octanol–water partition coefficient (Wildman–Crippen LogP) is 1.20. The molecule has 0 aromatic carbocycles. The van der Waals surface area contributed by atoms with Crippen LogP contribution in [0, 0.1) is 0 Å². The van der Waals surface area contributed by atoms with Gasteiger partial charge in [0.05, 0.1) is 18.4 Å². The van der Waals surface area contributed by atoms with Crippen LogP contribution in [-0.2, 0) is 0 Å². The van der Waals surface area contributed by atoms with Crippen LogP contribution in [0.3, 0.4) is 0 Å². The normalized spacial score (nSPS) is 14.6. The molecule has 2 atom stereocenters. The van der Waals surface area contributed by atoms with Gasteiger partial charge >= 0.3 is 0 Å². The van der Waals surface area contributed by atoms with Crippen LogP contribution in [0.2, 0.25) is 0 Å². The van der Waals surface area contributed by atoms with Crippen LogP contribution < -0.4 is 5.32 Å². The van der Waals surface area contributed by atoms with Crippen molar-refractivity contribution < 1.29 is 10.2 Å². The van der Waals surface area contributed by atoms with Crippen molar-refractivity contribution in [3.05, 3.63) is 24.0 Å². The number of rotatable bonds is 7. The van der Waals surface area contributed by atoms with E-state index in [0.29, 0.717) is 5.75 Å². The third-order valence-electron chi connectivity index (χ3n) is 2.37. The monoisotopic (exact) mass is 256 g/mol. The minimum absolute atomic E-state index is 0.198. The fourth-order valence-electron chi connectivity index (χ4n) is 1.39. The molecule has 96 valence electrons. The van der Waals surface area contributed by atoms with E-state index < -0.39 is 6.10 Å². The van der Waals surface area contributed by atoms with Gasteiger partial charge in [0.2, 0.25) is 0 Å². The number of hydrogen-bond acceptors (Lipinski definition) is 5. The van der Waals surface area contributed by atoms with Gasteiger partial charge in [-0.1, -0.05) is 6.92 Å². The zero-order chi connectivity index (χ0) is 12.7.